The predicted octanol–water partition coefficient (Wildman–Crippen LogP) is 3.71. The second kappa shape index (κ2) is 8.62. The van der Waals surface area contributed by atoms with Gasteiger partial charge in [-0.1, -0.05) is 6.07 Å². The maximum absolute atomic E-state index is 13.6. The Kier molecular flexibility index (Phi) is 6.52. The number of esters is 1. The van der Waals surface area contributed by atoms with Crippen LogP contribution in [-0.2, 0) is 9.53 Å². The molecule has 7 heteroatoms. The number of hydrogen-bond donors (Lipinski definition) is 0. The number of ether oxygens (including phenoxy) is 3. The van der Waals surface area contributed by atoms with Crippen molar-refractivity contribution < 1.29 is 28.2 Å². The molecule has 0 unspecified atom stereocenters. The summed E-state index contributed by atoms with van der Waals surface area (Å²) in [4.78, 5) is 23.6. The van der Waals surface area contributed by atoms with Gasteiger partial charge in [-0.25, -0.2) is 9.18 Å². The zero-order valence-corrected chi connectivity index (χ0v) is 15.3. The van der Waals surface area contributed by atoms with Gasteiger partial charge in [0.05, 0.1) is 11.6 Å². The first kappa shape index (κ1) is 18.9. The van der Waals surface area contributed by atoms with Crippen LogP contribution < -0.4 is 9.47 Å². The summed E-state index contributed by atoms with van der Waals surface area (Å²) in [6, 6.07) is 9.18. The average molecular weight is 411 g/mol. The number of rotatable bonds is 7. The van der Waals surface area contributed by atoms with E-state index in [4.69, 9.17) is 14.2 Å². The highest BCUT2D eigenvalue weighted by molar-refractivity contribution is 9.10. The van der Waals surface area contributed by atoms with E-state index in [0.29, 0.717) is 10.2 Å². The molecule has 0 atom stereocenters. The van der Waals surface area contributed by atoms with Crippen molar-refractivity contribution in [2.24, 2.45) is 0 Å². The Morgan fingerprint density at radius 2 is 1.80 bits per heavy atom. The molecular weight excluding hydrogens is 395 g/mol. The molecule has 0 aliphatic heterocycles. The summed E-state index contributed by atoms with van der Waals surface area (Å²) in [5, 5.41) is 0. The lowest BCUT2D eigenvalue weighted by Crippen LogP contribution is -2.19. The standard InChI is InChI=1S/C18H16BrFO5/c1-11-3-5-16(13(19)7-11)24-10-18(22)25-9-15(21)12-4-6-17(23-2)14(20)8-12/h3-8H,9-10H2,1-2H3. The fourth-order valence-corrected chi connectivity index (χ4v) is 2.58. The fourth-order valence-electron chi connectivity index (χ4n) is 1.97. The van der Waals surface area contributed by atoms with E-state index < -0.39 is 24.2 Å². The Morgan fingerprint density at radius 1 is 1.08 bits per heavy atom. The van der Waals surface area contributed by atoms with Crippen molar-refractivity contribution in [3.8, 4) is 11.5 Å². The number of carbonyl (C=O) groups is 2. The molecule has 0 saturated heterocycles. The summed E-state index contributed by atoms with van der Waals surface area (Å²) in [5.41, 5.74) is 1.13. The molecule has 25 heavy (non-hydrogen) atoms. The molecule has 0 heterocycles. The van der Waals surface area contributed by atoms with Gasteiger partial charge in [-0.3, -0.25) is 4.79 Å². The van der Waals surface area contributed by atoms with Crippen molar-refractivity contribution in [2.75, 3.05) is 20.3 Å². The third kappa shape index (κ3) is 5.29. The van der Waals surface area contributed by atoms with E-state index >= 15 is 0 Å². The van der Waals surface area contributed by atoms with E-state index in [-0.39, 0.29) is 17.9 Å². The highest BCUT2D eigenvalue weighted by atomic mass is 79.9. The van der Waals surface area contributed by atoms with E-state index in [1.165, 1.54) is 19.2 Å². The number of hydrogen-bond acceptors (Lipinski definition) is 5. The van der Waals surface area contributed by atoms with Crippen LogP contribution in [0.3, 0.4) is 0 Å². The lowest BCUT2D eigenvalue weighted by Gasteiger charge is -2.09. The number of methoxy groups -OCH3 is 1. The van der Waals surface area contributed by atoms with Gasteiger partial charge >= 0.3 is 5.97 Å². The number of benzene rings is 2. The molecule has 0 aliphatic rings. The first-order chi connectivity index (χ1) is 11.9. The molecule has 0 aromatic heterocycles. The smallest absolute Gasteiger partial charge is 0.344 e. The summed E-state index contributed by atoms with van der Waals surface area (Å²) in [6.45, 7) is 1.09. The van der Waals surface area contributed by atoms with Crippen LogP contribution in [0.25, 0.3) is 0 Å². The van der Waals surface area contributed by atoms with Gasteiger partial charge in [-0.15, -0.1) is 0 Å². The maximum Gasteiger partial charge on any atom is 0.344 e. The Hall–Kier alpha value is -2.41. The second-order valence-corrected chi connectivity index (χ2v) is 6.01. The van der Waals surface area contributed by atoms with Gasteiger partial charge in [0.1, 0.15) is 5.75 Å². The van der Waals surface area contributed by atoms with Crippen LogP contribution in [0.15, 0.2) is 40.9 Å². The first-order valence-corrected chi connectivity index (χ1v) is 8.11. The van der Waals surface area contributed by atoms with E-state index in [1.807, 2.05) is 19.1 Å². The second-order valence-electron chi connectivity index (χ2n) is 5.16. The number of halogens is 2. The molecule has 2 aromatic carbocycles. The molecule has 2 aromatic rings. The summed E-state index contributed by atoms with van der Waals surface area (Å²) in [6.07, 6.45) is 0. The largest absolute Gasteiger partial charge is 0.494 e. The van der Waals surface area contributed by atoms with Gasteiger partial charge in [0.15, 0.2) is 30.6 Å². The van der Waals surface area contributed by atoms with E-state index in [9.17, 15) is 14.0 Å². The minimum atomic E-state index is -0.699. The summed E-state index contributed by atoms with van der Waals surface area (Å²) < 4.78 is 29.3. The lowest BCUT2D eigenvalue weighted by molar-refractivity contribution is -0.144. The van der Waals surface area contributed by atoms with Crippen LogP contribution in [-0.4, -0.2) is 32.1 Å². The van der Waals surface area contributed by atoms with E-state index in [1.54, 1.807) is 6.07 Å². The lowest BCUT2D eigenvalue weighted by atomic mass is 10.1. The number of aryl methyl sites for hydroxylation is 1. The molecule has 0 spiro atoms. The van der Waals surface area contributed by atoms with Gasteiger partial charge in [0.2, 0.25) is 0 Å². The van der Waals surface area contributed by atoms with Crippen molar-refractivity contribution in [3.05, 3.63) is 57.8 Å². The summed E-state index contributed by atoms with van der Waals surface area (Å²) in [5.74, 6) is -1.36. The third-order valence-electron chi connectivity index (χ3n) is 3.27. The van der Waals surface area contributed by atoms with Crippen LogP contribution in [0, 0.1) is 12.7 Å². The summed E-state index contributed by atoms with van der Waals surface area (Å²) in [7, 11) is 1.33. The molecule has 2 rings (SSSR count). The zero-order chi connectivity index (χ0) is 18.4. The first-order valence-electron chi connectivity index (χ1n) is 7.32. The van der Waals surface area contributed by atoms with E-state index in [2.05, 4.69) is 15.9 Å². The Labute approximate surface area is 152 Å². The number of carbonyl (C=O) groups excluding carboxylic acids is 2. The predicted molar refractivity (Wildman–Crippen MR) is 92.6 cm³/mol. The molecule has 0 radical (unpaired) electrons. The molecule has 0 aliphatic carbocycles. The van der Waals surface area contributed by atoms with Crippen LogP contribution >= 0.6 is 15.9 Å². The van der Waals surface area contributed by atoms with Gasteiger partial charge in [-0.2, -0.15) is 0 Å². The molecule has 0 N–H and O–H groups in total. The molecule has 0 fully saturated rings. The van der Waals surface area contributed by atoms with Crippen molar-refractivity contribution >= 4 is 27.7 Å². The monoisotopic (exact) mass is 410 g/mol. The Morgan fingerprint density at radius 3 is 2.44 bits per heavy atom. The normalized spacial score (nSPS) is 10.2. The van der Waals surface area contributed by atoms with Crippen LogP contribution in [0.2, 0.25) is 0 Å². The molecule has 0 amide bonds. The average Bonchev–Trinajstić information content (AvgIpc) is 2.58. The Balaban J connectivity index is 1.85. The number of ketones is 1. The molecule has 132 valence electrons. The molecular formula is C18H16BrFO5. The van der Waals surface area contributed by atoms with Crippen molar-refractivity contribution in [1.82, 2.24) is 0 Å². The molecule has 5 nitrogen and oxygen atoms in total. The zero-order valence-electron chi connectivity index (χ0n) is 13.7. The third-order valence-corrected chi connectivity index (χ3v) is 3.89. The topological polar surface area (TPSA) is 61.8 Å². The highest BCUT2D eigenvalue weighted by Gasteiger charge is 2.13. The van der Waals surface area contributed by atoms with Crippen LogP contribution in [0.1, 0.15) is 15.9 Å². The molecule has 0 saturated carbocycles. The highest BCUT2D eigenvalue weighted by Crippen LogP contribution is 2.25. The van der Waals surface area contributed by atoms with Gasteiger partial charge in [0.25, 0.3) is 0 Å². The SMILES string of the molecule is COc1ccc(C(=O)COC(=O)COc2ccc(C)cc2Br)cc1F. The van der Waals surface area contributed by atoms with Crippen molar-refractivity contribution in [1.29, 1.82) is 0 Å². The minimum absolute atomic E-state index is 0.0330. The van der Waals surface area contributed by atoms with Gasteiger partial charge in [-0.05, 0) is 58.7 Å². The minimum Gasteiger partial charge on any atom is -0.494 e. The van der Waals surface area contributed by atoms with Crippen molar-refractivity contribution in [3.63, 3.8) is 0 Å². The van der Waals surface area contributed by atoms with Crippen LogP contribution in [0.5, 0.6) is 11.5 Å². The summed E-state index contributed by atoms with van der Waals surface area (Å²) >= 11 is 3.33. The van der Waals surface area contributed by atoms with Crippen molar-refractivity contribution in [2.45, 2.75) is 6.92 Å². The Bertz CT molecular complexity index is 791. The van der Waals surface area contributed by atoms with Crippen LogP contribution in [0.4, 0.5) is 4.39 Å². The molecule has 0 bridgehead atoms. The fraction of sp³-hybridized carbons (Fsp3) is 0.222. The number of Topliss-reactive ketones (excluding diaryl/α,β-unsaturated/α-hetero) is 1. The quantitative estimate of drug-likeness (QED) is 0.514. The van der Waals surface area contributed by atoms with Gasteiger partial charge < -0.3 is 14.2 Å². The van der Waals surface area contributed by atoms with E-state index in [0.717, 1.165) is 11.6 Å². The van der Waals surface area contributed by atoms with Gasteiger partial charge in [0, 0.05) is 5.56 Å². The maximum atomic E-state index is 13.6.